The summed E-state index contributed by atoms with van der Waals surface area (Å²) >= 11 is 5.81. The molecule has 4 nitrogen and oxygen atoms in total. The van der Waals surface area contributed by atoms with Crippen molar-refractivity contribution in [2.45, 2.75) is 17.1 Å². The quantitative estimate of drug-likeness (QED) is 0.309. The molecule has 1 aromatic rings. The number of likely N-dealkylation sites (N-methyl/N-ethyl adjacent to an activating group) is 1. The average Bonchev–Trinajstić information content (AvgIpc) is 2.55. The summed E-state index contributed by atoms with van der Waals surface area (Å²) in [5.41, 5.74) is 0.804. The number of alkyl halides is 2. The van der Waals surface area contributed by atoms with Crippen molar-refractivity contribution < 1.29 is 18.6 Å². The molecule has 1 aliphatic heterocycles. The molecule has 1 saturated heterocycles. The van der Waals surface area contributed by atoms with E-state index in [1.165, 1.54) is 32.7 Å². The molecule has 8 heteroatoms. The fraction of sp³-hybridized carbons (Fsp3) is 0.562. The molecular weight excluding hydrogens is 350 g/mol. The Labute approximate surface area is 152 Å². The van der Waals surface area contributed by atoms with Crippen LogP contribution in [0.1, 0.15) is 6.42 Å². The van der Waals surface area contributed by atoms with Crippen molar-refractivity contribution in [3.8, 4) is 0 Å². The summed E-state index contributed by atoms with van der Waals surface area (Å²) in [6.07, 6.45) is 1.08. The Morgan fingerprint density at radius 2 is 1.88 bits per heavy atom. The molecule has 0 bridgehead atoms. The minimum absolute atomic E-state index is 0.543. The molecule has 0 amide bonds. The van der Waals surface area contributed by atoms with E-state index < -0.39 is 5.76 Å². The Hall–Kier alpha value is -0.960. The van der Waals surface area contributed by atoms with Gasteiger partial charge in [-0.2, -0.15) is 8.78 Å². The smallest absolute Gasteiger partial charge is 0.288 e. The van der Waals surface area contributed by atoms with Gasteiger partial charge in [-0.3, -0.25) is 0 Å². The summed E-state index contributed by atoms with van der Waals surface area (Å²) < 4.78 is 24.5. The molecule has 4 N–H and O–H groups in total. The molecule has 0 spiro atoms. The molecule has 0 aromatic heterocycles. The number of hydrogen-bond acceptors (Lipinski definition) is 2. The Balaban J connectivity index is 1.61. The first kappa shape index (κ1) is 19.4. The lowest BCUT2D eigenvalue weighted by molar-refractivity contribution is -1.00. The van der Waals surface area contributed by atoms with Crippen LogP contribution in [0.3, 0.4) is 0 Å². The van der Waals surface area contributed by atoms with Crippen LogP contribution in [0.2, 0.25) is 0 Å². The predicted molar refractivity (Wildman–Crippen MR) is 99.3 cm³/mol. The second kappa shape index (κ2) is 10.1. The third-order valence-electron chi connectivity index (χ3n) is 4.14. The van der Waals surface area contributed by atoms with E-state index in [9.17, 15) is 8.78 Å². The molecule has 1 aliphatic rings. The van der Waals surface area contributed by atoms with Crippen molar-refractivity contribution in [1.29, 1.82) is 0 Å². The van der Waals surface area contributed by atoms with Crippen LogP contribution < -0.4 is 20.4 Å². The third kappa shape index (κ3) is 7.29. The fourth-order valence-corrected chi connectivity index (χ4v) is 3.43. The SMILES string of the molecule is C[NH+]1CC[NH+](CCCNC(=S)Nc2ccc(SC(F)F)cc2)CC1. The summed E-state index contributed by atoms with van der Waals surface area (Å²) in [4.78, 5) is 3.85. The van der Waals surface area contributed by atoms with Crippen molar-refractivity contribution in [2.75, 3.05) is 51.6 Å². The summed E-state index contributed by atoms with van der Waals surface area (Å²) in [5.74, 6) is -2.39. The number of halogens is 2. The number of thiocarbonyl (C=S) groups is 1. The number of thioether (sulfide) groups is 1. The standard InChI is InChI=1S/C16H24F2N4S2/c1-21-9-11-22(12-10-21)8-2-7-19-16(23)20-13-3-5-14(6-4-13)24-15(17)18/h3-6,15H,2,7-12H2,1H3,(H2,19,20,23)/p+2. The largest absolute Gasteiger partial charge is 0.362 e. The molecule has 1 heterocycles. The van der Waals surface area contributed by atoms with E-state index in [1.807, 2.05) is 0 Å². The number of piperazine rings is 1. The third-order valence-corrected chi connectivity index (χ3v) is 5.11. The zero-order chi connectivity index (χ0) is 17.4. The number of anilines is 1. The first-order valence-corrected chi connectivity index (χ1v) is 9.56. The zero-order valence-electron chi connectivity index (χ0n) is 13.9. The molecule has 134 valence electrons. The van der Waals surface area contributed by atoms with Crippen LogP contribution in [-0.4, -0.2) is 57.2 Å². The van der Waals surface area contributed by atoms with Gasteiger partial charge < -0.3 is 20.4 Å². The van der Waals surface area contributed by atoms with E-state index in [-0.39, 0.29) is 0 Å². The van der Waals surface area contributed by atoms with Gasteiger partial charge in [-0.25, -0.2) is 0 Å². The number of benzene rings is 1. The van der Waals surface area contributed by atoms with Gasteiger partial charge >= 0.3 is 0 Å². The molecule has 0 saturated carbocycles. The van der Waals surface area contributed by atoms with Gasteiger partial charge in [0, 0.05) is 23.5 Å². The molecule has 2 rings (SSSR count). The van der Waals surface area contributed by atoms with Gasteiger partial charge in [0.15, 0.2) is 5.11 Å². The van der Waals surface area contributed by atoms with Crippen molar-refractivity contribution >= 4 is 34.8 Å². The highest BCUT2D eigenvalue weighted by atomic mass is 32.2. The predicted octanol–water partition coefficient (Wildman–Crippen LogP) is 0.0910. The first-order chi connectivity index (χ1) is 11.5. The lowest BCUT2D eigenvalue weighted by atomic mass is 10.3. The van der Waals surface area contributed by atoms with Gasteiger partial charge in [0.2, 0.25) is 0 Å². The molecule has 24 heavy (non-hydrogen) atoms. The molecule has 0 atom stereocenters. The van der Waals surface area contributed by atoms with E-state index in [1.54, 1.807) is 34.1 Å². The summed E-state index contributed by atoms with van der Waals surface area (Å²) in [6, 6.07) is 6.85. The van der Waals surface area contributed by atoms with Gasteiger partial charge in [-0.05, 0) is 36.5 Å². The highest BCUT2D eigenvalue weighted by Gasteiger charge is 2.18. The van der Waals surface area contributed by atoms with Crippen LogP contribution in [0.5, 0.6) is 0 Å². The molecule has 1 aromatic carbocycles. The zero-order valence-corrected chi connectivity index (χ0v) is 15.5. The van der Waals surface area contributed by atoms with E-state index in [0.717, 1.165) is 18.7 Å². The molecule has 1 fully saturated rings. The number of quaternary nitrogens is 2. The van der Waals surface area contributed by atoms with Crippen LogP contribution in [0.15, 0.2) is 29.2 Å². The second-order valence-electron chi connectivity index (χ2n) is 6.09. The van der Waals surface area contributed by atoms with E-state index >= 15 is 0 Å². The summed E-state index contributed by atoms with van der Waals surface area (Å²) in [7, 11) is 2.25. The highest BCUT2D eigenvalue weighted by Crippen LogP contribution is 2.26. The normalized spacial score (nSPS) is 20.8. The summed E-state index contributed by atoms with van der Waals surface area (Å²) in [6.45, 7) is 7.01. The molecule has 0 aliphatic carbocycles. The number of hydrogen-bond donors (Lipinski definition) is 4. The van der Waals surface area contributed by atoms with Gasteiger partial charge in [0.05, 0.1) is 13.6 Å². The van der Waals surface area contributed by atoms with Gasteiger partial charge in [-0.15, -0.1) is 0 Å². The van der Waals surface area contributed by atoms with E-state index in [0.29, 0.717) is 21.8 Å². The fourth-order valence-electron chi connectivity index (χ4n) is 2.72. The van der Waals surface area contributed by atoms with Crippen molar-refractivity contribution in [3.05, 3.63) is 24.3 Å². The number of nitrogens with one attached hydrogen (secondary N) is 4. The van der Waals surface area contributed by atoms with Crippen molar-refractivity contribution in [3.63, 3.8) is 0 Å². The maximum absolute atomic E-state index is 12.3. The lowest BCUT2D eigenvalue weighted by Crippen LogP contribution is -3.27. The lowest BCUT2D eigenvalue weighted by Gasteiger charge is -2.27. The average molecular weight is 377 g/mol. The van der Waals surface area contributed by atoms with Crippen molar-refractivity contribution in [1.82, 2.24) is 5.32 Å². The van der Waals surface area contributed by atoms with Crippen LogP contribution in [0.25, 0.3) is 0 Å². The van der Waals surface area contributed by atoms with Gasteiger partial charge in [0.1, 0.15) is 26.2 Å². The van der Waals surface area contributed by atoms with Crippen LogP contribution in [0, 0.1) is 0 Å². The topological polar surface area (TPSA) is 32.9 Å². The minimum Gasteiger partial charge on any atom is -0.362 e. The van der Waals surface area contributed by atoms with Crippen LogP contribution in [0.4, 0.5) is 14.5 Å². The Morgan fingerprint density at radius 1 is 1.21 bits per heavy atom. The van der Waals surface area contributed by atoms with E-state index in [2.05, 4.69) is 17.7 Å². The maximum Gasteiger partial charge on any atom is 0.288 e. The number of rotatable bonds is 7. The Morgan fingerprint density at radius 3 is 2.50 bits per heavy atom. The Bertz CT molecular complexity index is 505. The van der Waals surface area contributed by atoms with Crippen LogP contribution >= 0.6 is 24.0 Å². The maximum atomic E-state index is 12.3. The van der Waals surface area contributed by atoms with Crippen molar-refractivity contribution in [2.24, 2.45) is 0 Å². The molecule has 0 radical (unpaired) electrons. The van der Waals surface area contributed by atoms with Gasteiger partial charge in [-0.1, -0.05) is 11.8 Å². The monoisotopic (exact) mass is 376 g/mol. The molecule has 0 unspecified atom stereocenters. The Kier molecular flexibility index (Phi) is 8.17. The molecular formula is C16H26F2N4S2+2. The van der Waals surface area contributed by atoms with E-state index in [4.69, 9.17) is 12.2 Å². The van der Waals surface area contributed by atoms with Gasteiger partial charge in [0.25, 0.3) is 5.76 Å². The minimum atomic E-state index is -2.39. The summed E-state index contributed by atoms with van der Waals surface area (Å²) in [5, 5.41) is 6.85. The second-order valence-corrected chi connectivity index (χ2v) is 7.57. The van der Waals surface area contributed by atoms with Crippen LogP contribution in [-0.2, 0) is 0 Å². The first-order valence-electron chi connectivity index (χ1n) is 8.27. The highest BCUT2D eigenvalue weighted by molar-refractivity contribution is 7.99.